The molecule has 0 saturated carbocycles. The predicted molar refractivity (Wildman–Crippen MR) is 118 cm³/mol. The van der Waals surface area contributed by atoms with Crippen LogP contribution in [-0.4, -0.2) is 33.0 Å². The Labute approximate surface area is 183 Å². The van der Waals surface area contributed by atoms with Crippen LogP contribution in [0.2, 0.25) is 0 Å². The van der Waals surface area contributed by atoms with E-state index in [1.54, 1.807) is 12.1 Å². The molecule has 0 spiro atoms. The molecule has 0 aliphatic rings. The summed E-state index contributed by atoms with van der Waals surface area (Å²) in [6.45, 7) is 4.30. The molecule has 0 bridgehead atoms. The number of carbonyl (C=O) groups excluding carboxylic acids is 2. The fourth-order valence-electron chi connectivity index (χ4n) is 2.94. The van der Waals surface area contributed by atoms with Crippen molar-refractivity contribution < 1.29 is 22.7 Å². The minimum atomic E-state index is -3.78. The third-order valence-electron chi connectivity index (χ3n) is 4.47. The van der Waals surface area contributed by atoms with Gasteiger partial charge in [0.15, 0.2) is 0 Å². The normalized spacial score (nSPS) is 12.3. The first-order chi connectivity index (χ1) is 14.6. The zero-order valence-electron chi connectivity index (χ0n) is 17.7. The highest BCUT2D eigenvalue weighted by Gasteiger charge is 2.22. The third kappa shape index (κ3) is 8.77. The Bertz CT molecular complexity index is 978. The molecule has 2 aromatic rings. The number of nitrogens with two attached hydrogens (primary N) is 1. The molecule has 2 aromatic carbocycles. The average molecular weight is 448 g/mol. The van der Waals surface area contributed by atoms with Gasteiger partial charge in [0.05, 0.1) is 4.90 Å². The number of sulfonamides is 1. The van der Waals surface area contributed by atoms with Crippen molar-refractivity contribution >= 4 is 22.0 Å². The molecule has 0 heterocycles. The molecule has 168 valence electrons. The number of primary sulfonamides is 1. The Hall–Kier alpha value is -2.91. The van der Waals surface area contributed by atoms with Gasteiger partial charge in [0.25, 0.3) is 0 Å². The van der Waals surface area contributed by atoms with E-state index >= 15 is 0 Å². The summed E-state index contributed by atoms with van der Waals surface area (Å²) in [6.07, 6.45) is 0.209. The van der Waals surface area contributed by atoms with Crippen LogP contribution < -0.4 is 15.8 Å². The lowest BCUT2D eigenvalue weighted by molar-refractivity contribution is -0.123. The van der Waals surface area contributed by atoms with Gasteiger partial charge in [-0.3, -0.25) is 4.79 Å². The topological polar surface area (TPSA) is 128 Å². The second kappa shape index (κ2) is 11.5. The molecule has 9 heteroatoms. The maximum atomic E-state index is 12.6. The summed E-state index contributed by atoms with van der Waals surface area (Å²) < 4.78 is 28.1. The number of rotatable bonds is 10. The van der Waals surface area contributed by atoms with Crippen LogP contribution >= 0.6 is 0 Å². The monoisotopic (exact) mass is 447 g/mol. The van der Waals surface area contributed by atoms with E-state index in [1.165, 1.54) is 12.1 Å². The van der Waals surface area contributed by atoms with Gasteiger partial charge in [0.2, 0.25) is 15.9 Å². The highest BCUT2D eigenvalue weighted by Crippen LogP contribution is 2.10. The van der Waals surface area contributed by atoms with Crippen LogP contribution in [0.3, 0.4) is 0 Å². The molecule has 0 radical (unpaired) electrons. The van der Waals surface area contributed by atoms with Gasteiger partial charge in [-0.2, -0.15) is 0 Å². The van der Waals surface area contributed by atoms with Crippen molar-refractivity contribution in [2.24, 2.45) is 11.1 Å². The highest BCUT2D eigenvalue weighted by atomic mass is 32.2. The van der Waals surface area contributed by atoms with Gasteiger partial charge in [0, 0.05) is 6.54 Å². The molecule has 0 aromatic heterocycles. The minimum absolute atomic E-state index is 0.0249. The van der Waals surface area contributed by atoms with Crippen molar-refractivity contribution in [2.75, 3.05) is 6.54 Å². The molecule has 2 rings (SSSR count). The Morgan fingerprint density at radius 2 is 1.71 bits per heavy atom. The number of nitrogens with one attached hydrogen (secondary N) is 2. The maximum absolute atomic E-state index is 12.6. The van der Waals surface area contributed by atoms with Gasteiger partial charge >= 0.3 is 6.09 Å². The zero-order valence-corrected chi connectivity index (χ0v) is 18.5. The van der Waals surface area contributed by atoms with Gasteiger partial charge in [-0.25, -0.2) is 18.4 Å². The number of amides is 2. The smallest absolute Gasteiger partial charge is 0.408 e. The number of hydrogen-bond donors (Lipinski definition) is 3. The lowest BCUT2D eigenvalue weighted by Gasteiger charge is -2.20. The highest BCUT2D eigenvalue weighted by molar-refractivity contribution is 7.89. The van der Waals surface area contributed by atoms with E-state index in [2.05, 4.69) is 10.6 Å². The van der Waals surface area contributed by atoms with Gasteiger partial charge < -0.3 is 15.4 Å². The molecule has 0 aliphatic heterocycles. The number of carbonyl (C=O) groups is 2. The Balaban J connectivity index is 1.88. The number of alkyl carbamates (subject to hydrolysis) is 1. The van der Waals surface area contributed by atoms with E-state index < -0.39 is 22.2 Å². The standard InChI is InChI=1S/C22H29N3O5S/c1-16(2)13-20(25-22(27)30-15-18-7-4-3-5-8-18)21(26)24-12-11-17-9-6-10-19(14-17)31(23,28)29/h3-10,14,16,20H,11-13,15H2,1-2H3,(H,24,26)(H,25,27)(H2,23,28,29)/t20-/m1/s1. The van der Waals surface area contributed by atoms with Gasteiger partial charge in [-0.15, -0.1) is 0 Å². The van der Waals surface area contributed by atoms with Gasteiger partial charge in [-0.05, 0) is 42.0 Å². The molecule has 0 saturated heterocycles. The molecule has 8 nitrogen and oxygen atoms in total. The minimum Gasteiger partial charge on any atom is -0.445 e. The lowest BCUT2D eigenvalue weighted by atomic mass is 10.0. The van der Waals surface area contributed by atoms with Crippen LogP contribution in [-0.2, 0) is 32.6 Å². The van der Waals surface area contributed by atoms with Crippen molar-refractivity contribution in [2.45, 2.75) is 44.2 Å². The van der Waals surface area contributed by atoms with Crippen LogP contribution in [0.5, 0.6) is 0 Å². The molecular weight excluding hydrogens is 418 g/mol. The second-order valence-corrected chi connectivity index (χ2v) is 9.18. The average Bonchev–Trinajstić information content (AvgIpc) is 2.72. The van der Waals surface area contributed by atoms with Crippen molar-refractivity contribution in [1.82, 2.24) is 10.6 Å². The van der Waals surface area contributed by atoms with Crippen LogP contribution in [0.15, 0.2) is 59.5 Å². The summed E-state index contributed by atoms with van der Waals surface area (Å²) >= 11 is 0. The fourth-order valence-corrected chi connectivity index (χ4v) is 3.53. The first-order valence-electron chi connectivity index (χ1n) is 10.0. The molecule has 0 unspecified atom stereocenters. The van der Waals surface area contributed by atoms with Crippen molar-refractivity contribution in [3.8, 4) is 0 Å². The molecule has 0 aliphatic carbocycles. The number of benzene rings is 2. The SMILES string of the molecule is CC(C)C[C@@H](NC(=O)OCc1ccccc1)C(=O)NCCc1cccc(S(N)(=O)=O)c1. The van der Waals surface area contributed by atoms with Crippen LogP contribution in [0, 0.1) is 5.92 Å². The Kier molecular flexibility index (Phi) is 9.02. The molecule has 4 N–H and O–H groups in total. The lowest BCUT2D eigenvalue weighted by Crippen LogP contribution is -2.48. The second-order valence-electron chi connectivity index (χ2n) is 7.62. The summed E-state index contributed by atoms with van der Waals surface area (Å²) in [5.74, 6) is -0.149. The van der Waals surface area contributed by atoms with E-state index in [-0.39, 0.29) is 29.9 Å². The van der Waals surface area contributed by atoms with E-state index in [0.717, 1.165) is 11.1 Å². The van der Waals surface area contributed by atoms with E-state index in [4.69, 9.17) is 9.88 Å². The first kappa shape index (κ1) is 24.4. The summed E-state index contributed by atoms with van der Waals surface area (Å²) in [4.78, 5) is 24.8. The number of hydrogen-bond acceptors (Lipinski definition) is 5. The summed E-state index contributed by atoms with van der Waals surface area (Å²) in [7, 11) is -3.78. The Morgan fingerprint density at radius 1 is 1.03 bits per heavy atom. The maximum Gasteiger partial charge on any atom is 0.408 e. The third-order valence-corrected chi connectivity index (χ3v) is 5.38. The summed E-state index contributed by atoms with van der Waals surface area (Å²) in [6, 6.07) is 14.8. The first-order valence-corrected chi connectivity index (χ1v) is 11.6. The van der Waals surface area contributed by atoms with Crippen molar-refractivity contribution in [1.29, 1.82) is 0 Å². The van der Waals surface area contributed by atoms with E-state index in [9.17, 15) is 18.0 Å². The molecule has 31 heavy (non-hydrogen) atoms. The van der Waals surface area contributed by atoms with Crippen LogP contribution in [0.25, 0.3) is 0 Å². The molecular formula is C22H29N3O5S. The summed E-state index contributed by atoms with van der Waals surface area (Å²) in [5.41, 5.74) is 1.58. The number of ether oxygens (including phenoxy) is 1. The van der Waals surface area contributed by atoms with Crippen LogP contribution in [0.1, 0.15) is 31.4 Å². The molecule has 2 amide bonds. The zero-order chi connectivity index (χ0) is 22.9. The van der Waals surface area contributed by atoms with Gasteiger partial charge in [-0.1, -0.05) is 56.3 Å². The fraction of sp³-hybridized carbons (Fsp3) is 0.364. The Morgan fingerprint density at radius 3 is 2.35 bits per heavy atom. The predicted octanol–water partition coefficient (Wildman–Crippen LogP) is 2.33. The largest absolute Gasteiger partial charge is 0.445 e. The summed E-state index contributed by atoms with van der Waals surface area (Å²) in [5, 5.41) is 10.6. The molecule has 1 atom stereocenters. The van der Waals surface area contributed by atoms with Crippen molar-refractivity contribution in [3.05, 3.63) is 65.7 Å². The van der Waals surface area contributed by atoms with E-state index in [0.29, 0.717) is 12.8 Å². The van der Waals surface area contributed by atoms with Crippen molar-refractivity contribution in [3.63, 3.8) is 0 Å². The van der Waals surface area contributed by atoms with Gasteiger partial charge in [0.1, 0.15) is 12.6 Å². The van der Waals surface area contributed by atoms with Crippen LogP contribution in [0.4, 0.5) is 4.79 Å². The molecule has 0 fully saturated rings. The van der Waals surface area contributed by atoms with E-state index in [1.807, 2.05) is 44.2 Å². The quantitative estimate of drug-likeness (QED) is 0.515.